The van der Waals surface area contributed by atoms with Crippen molar-refractivity contribution < 1.29 is 28.8 Å². The number of rotatable bonds is 8. The summed E-state index contributed by atoms with van der Waals surface area (Å²) in [5.41, 5.74) is 6.56. The van der Waals surface area contributed by atoms with Crippen LogP contribution >= 0.6 is 0 Å². The highest BCUT2D eigenvalue weighted by Crippen LogP contribution is 2.60. The highest BCUT2D eigenvalue weighted by atomic mass is 17.3. The Morgan fingerprint density at radius 2 is 1.91 bits per heavy atom. The highest BCUT2D eigenvalue weighted by Gasteiger charge is 2.69. The minimum Gasteiger partial charge on any atom is -0.352 e. The van der Waals surface area contributed by atoms with E-state index in [1.807, 2.05) is 31.2 Å². The fourth-order valence-electron chi connectivity index (χ4n) is 6.57. The predicted molar refractivity (Wildman–Crippen MR) is 129 cm³/mol. The fraction of sp³-hybridized carbons (Fsp3) is 0.741. The van der Waals surface area contributed by atoms with Crippen LogP contribution in [0.1, 0.15) is 75.2 Å². The van der Waals surface area contributed by atoms with Crippen LogP contribution in [0.25, 0.3) is 0 Å². The van der Waals surface area contributed by atoms with E-state index < -0.39 is 24.0 Å². The number of benzene rings is 1. The van der Waals surface area contributed by atoms with Gasteiger partial charge in [-0.25, -0.2) is 9.78 Å². The van der Waals surface area contributed by atoms with Gasteiger partial charge in [-0.15, -0.1) is 0 Å². The van der Waals surface area contributed by atoms with Gasteiger partial charge >= 0.3 is 0 Å². The van der Waals surface area contributed by atoms with E-state index in [0.29, 0.717) is 37.1 Å². The van der Waals surface area contributed by atoms with Crippen LogP contribution in [0.2, 0.25) is 0 Å². The number of hydrogen-bond acceptors (Lipinski definition) is 7. The number of carbonyl (C=O) groups excluding carboxylic acids is 1. The van der Waals surface area contributed by atoms with Crippen LogP contribution in [0, 0.1) is 23.7 Å². The zero-order chi connectivity index (χ0) is 24.6. The Labute approximate surface area is 208 Å². The van der Waals surface area contributed by atoms with E-state index in [0.717, 1.165) is 44.1 Å². The third kappa shape index (κ3) is 4.65. The Morgan fingerprint density at radius 1 is 1.11 bits per heavy atom. The third-order valence-electron chi connectivity index (χ3n) is 8.64. The van der Waals surface area contributed by atoms with E-state index in [9.17, 15) is 4.79 Å². The van der Waals surface area contributed by atoms with Gasteiger partial charge in [-0.3, -0.25) is 4.79 Å². The maximum atomic E-state index is 12.3. The molecule has 2 bridgehead atoms. The molecule has 4 aliphatic heterocycles. The normalized spacial score (nSPS) is 40.1. The maximum absolute atomic E-state index is 12.3. The van der Waals surface area contributed by atoms with Crippen molar-refractivity contribution in [2.24, 2.45) is 29.4 Å². The molecule has 1 aliphatic carbocycles. The van der Waals surface area contributed by atoms with Crippen molar-refractivity contribution in [3.63, 3.8) is 0 Å². The van der Waals surface area contributed by atoms with Gasteiger partial charge in [-0.05, 0) is 75.1 Å². The zero-order valence-electron chi connectivity index (χ0n) is 21.2. The largest absolute Gasteiger partial charge is 0.352 e. The number of unbranched alkanes of at least 4 members (excludes halogenated alkanes) is 1. The average Bonchev–Trinajstić information content (AvgIpc) is 3.09. The molecule has 5 fully saturated rings. The summed E-state index contributed by atoms with van der Waals surface area (Å²) in [4.78, 5) is 24.4. The molecule has 8 atom stereocenters. The van der Waals surface area contributed by atoms with Gasteiger partial charge in [0.2, 0.25) is 5.79 Å². The molecule has 1 aromatic carbocycles. The summed E-state index contributed by atoms with van der Waals surface area (Å²) >= 11 is 0. The Balaban J connectivity index is 1.23. The molecule has 5 aliphatic rings. The molecule has 194 valence electrons. The SMILES string of the molecule is C[C@@H]1CCC2[C@@H](C)[C@@H](OCc3ccc(C(=O)NCCCCN)cc3)OC3OC4(C)CCC1[C@]32OO4. The number of ether oxygens (including phenoxy) is 3. The highest BCUT2D eigenvalue weighted by molar-refractivity contribution is 5.94. The molecule has 6 rings (SSSR count). The first-order valence-electron chi connectivity index (χ1n) is 13.3. The van der Waals surface area contributed by atoms with Gasteiger partial charge in [0.05, 0.1) is 6.61 Å². The van der Waals surface area contributed by atoms with E-state index in [4.69, 9.17) is 29.7 Å². The zero-order valence-corrected chi connectivity index (χ0v) is 21.2. The first-order chi connectivity index (χ1) is 16.9. The van der Waals surface area contributed by atoms with Gasteiger partial charge in [0.25, 0.3) is 5.91 Å². The lowest BCUT2D eigenvalue weighted by Gasteiger charge is -2.60. The summed E-state index contributed by atoms with van der Waals surface area (Å²) in [5, 5.41) is 2.93. The molecule has 8 nitrogen and oxygen atoms in total. The number of carbonyl (C=O) groups is 1. The summed E-state index contributed by atoms with van der Waals surface area (Å²) in [6.07, 6.45) is 4.90. The maximum Gasteiger partial charge on any atom is 0.251 e. The molecular weight excluding hydrogens is 448 g/mol. The van der Waals surface area contributed by atoms with Gasteiger partial charge < -0.3 is 25.3 Å². The van der Waals surface area contributed by atoms with Crippen molar-refractivity contribution in [1.82, 2.24) is 5.32 Å². The van der Waals surface area contributed by atoms with Gasteiger partial charge in [-0.1, -0.05) is 26.0 Å². The molecule has 4 saturated heterocycles. The van der Waals surface area contributed by atoms with Crippen molar-refractivity contribution >= 4 is 5.91 Å². The number of nitrogens with two attached hydrogens (primary N) is 1. The molecule has 1 saturated carbocycles. The summed E-state index contributed by atoms with van der Waals surface area (Å²) in [6, 6.07) is 7.54. The van der Waals surface area contributed by atoms with E-state index in [1.165, 1.54) is 0 Å². The molecule has 4 heterocycles. The van der Waals surface area contributed by atoms with Gasteiger partial charge in [0, 0.05) is 30.4 Å². The molecule has 0 radical (unpaired) electrons. The van der Waals surface area contributed by atoms with Crippen molar-refractivity contribution in [2.45, 2.75) is 89.9 Å². The Kier molecular flexibility index (Phi) is 7.23. The van der Waals surface area contributed by atoms with Crippen LogP contribution in [0.4, 0.5) is 0 Å². The molecule has 1 amide bonds. The molecule has 35 heavy (non-hydrogen) atoms. The minimum absolute atomic E-state index is 0.0682. The van der Waals surface area contributed by atoms with Crippen molar-refractivity contribution in [2.75, 3.05) is 13.1 Å². The van der Waals surface area contributed by atoms with Gasteiger partial charge in [-0.2, -0.15) is 0 Å². The summed E-state index contributed by atoms with van der Waals surface area (Å²) in [6.45, 7) is 8.11. The number of nitrogens with one attached hydrogen (secondary N) is 1. The van der Waals surface area contributed by atoms with Gasteiger partial charge in [0.1, 0.15) is 0 Å². The Bertz CT molecular complexity index is 896. The fourth-order valence-corrected chi connectivity index (χ4v) is 6.57. The first kappa shape index (κ1) is 25.1. The monoisotopic (exact) mass is 488 g/mol. The predicted octanol–water partition coefficient (Wildman–Crippen LogP) is 3.88. The molecule has 1 aromatic rings. The van der Waals surface area contributed by atoms with Crippen LogP contribution in [0.3, 0.4) is 0 Å². The second kappa shape index (κ2) is 10.1. The topological polar surface area (TPSA) is 101 Å². The van der Waals surface area contributed by atoms with Crippen LogP contribution < -0.4 is 11.1 Å². The van der Waals surface area contributed by atoms with E-state index in [2.05, 4.69) is 19.2 Å². The molecular formula is C27H40N2O6. The van der Waals surface area contributed by atoms with Crippen molar-refractivity contribution in [1.29, 1.82) is 0 Å². The van der Waals surface area contributed by atoms with E-state index in [1.54, 1.807) is 0 Å². The summed E-state index contributed by atoms with van der Waals surface area (Å²) in [7, 11) is 0. The second-order valence-electron chi connectivity index (χ2n) is 11.0. The number of fused-ring (bicyclic) bond motifs is 2. The van der Waals surface area contributed by atoms with E-state index >= 15 is 0 Å². The van der Waals surface area contributed by atoms with Crippen LogP contribution in [-0.2, 0) is 30.6 Å². The number of hydrogen-bond donors (Lipinski definition) is 2. The number of amides is 1. The molecule has 1 spiro atoms. The van der Waals surface area contributed by atoms with Crippen molar-refractivity contribution in [3.8, 4) is 0 Å². The van der Waals surface area contributed by atoms with Gasteiger partial charge in [0.15, 0.2) is 18.2 Å². The molecule has 0 aromatic heterocycles. The lowest BCUT2D eigenvalue weighted by Crippen LogP contribution is -2.70. The van der Waals surface area contributed by atoms with Crippen LogP contribution in [-0.4, -0.2) is 43.0 Å². The quantitative estimate of drug-likeness (QED) is 0.423. The minimum atomic E-state index is -0.788. The van der Waals surface area contributed by atoms with Crippen molar-refractivity contribution in [3.05, 3.63) is 35.4 Å². The molecule has 8 heteroatoms. The second-order valence-corrected chi connectivity index (χ2v) is 11.0. The van der Waals surface area contributed by atoms with E-state index in [-0.39, 0.29) is 17.7 Å². The molecule has 3 N–H and O–H groups in total. The summed E-state index contributed by atoms with van der Waals surface area (Å²) < 4.78 is 19.2. The van der Waals surface area contributed by atoms with Crippen LogP contribution in [0.15, 0.2) is 24.3 Å². The Morgan fingerprint density at radius 3 is 2.69 bits per heavy atom. The smallest absolute Gasteiger partial charge is 0.251 e. The summed E-state index contributed by atoms with van der Waals surface area (Å²) in [5.74, 6) is 0.388. The molecule has 4 unspecified atom stereocenters. The lowest BCUT2D eigenvalue weighted by molar-refractivity contribution is -0.577. The van der Waals surface area contributed by atoms with Crippen LogP contribution in [0.5, 0.6) is 0 Å². The first-order valence-corrected chi connectivity index (χ1v) is 13.3. The lowest BCUT2D eigenvalue weighted by atomic mass is 9.58. The average molecular weight is 489 g/mol. The standard InChI is InChI=1S/C27H40N2O6/c1-17-6-11-22-18(2)24(32-25-27(22)21(17)12-13-26(3,33-25)34-35-27)31-16-19-7-9-20(10-8-19)23(30)29-15-5-4-14-28/h7-10,17-18,21-22,24-25H,4-6,11-16,28H2,1-3H3,(H,29,30)/t17-,18-,21?,22?,24+,25?,26?,27-/m1/s1. The third-order valence-corrected chi connectivity index (χ3v) is 8.64. The Hall–Kier alpha value is -1.55.